The summed E-state index contributed by atoms with van der Waals surface area (Å²) in [5.74, 6) is 0.967. The molecule has 2 aromatic carbocycles. The molecule has 2 aliphatic heterocycles. The molecule has 39 heavy (non-hydrogen) atoms. The van der Waals surface area contributed by atoms with Crippen molar-refractivity contribution in [2.24, 2.45) is 11.8 Å². The number of aromatic hydroxyl groups is 1. The van der Waals surface area contributed by atoms with Gasteiger partial charge in [-0.3, -0.25) is 9.78 Å². The van der Waals surface area contributed by atoms with Crippen LogP contribution in [0.5, 0.6) is 28.7 Å². The number of benzene rings is 2. The van der Waals surface area contributed by atoms with E-state index < -0.39 is 5.92 Å². The van der Waals surface area contributed by atoms with Crippen molar-refractivity contribution < 1.29 is 33.6 Å². The Hall–Kier alpha value is -3.98. The lowest BCUT2D eigenvalue weighted by Gasteiger charge is -2.40. The van der Waals surface area contributed by atoms with E-state index in [0.29, 0.717) is 18.1 Å². The highest BCUT2D eigenvalue weighted by atomic mass is 16.7. The molecule has 3 aromatic rings. The van der Waals surface area contributed by atoms with Crippen molar-refractivity contribution in [3.63, 3.8) is 0 Å². The fourth-order valence-electron chi connectivity index (χ4n) is 6.35. The van der Waals surface area contributed by atoms with Gasteiger partial charge in [-0.05, 0) is 79.0 Å². The number of fused-ring (bicyclic) bond motifs is 3. The first-order valence-electron chi connectivity index (χ1n) is 13.1. The Balaban J connectivity index is 1.41. The molecule has 0 amide bonds. The Morgan fingerprint density at radius 2 is 1.74 bits per heavy atom. The predicted molar refractivity (Wildman–Crippen MR) is 141 cm³/mol. The zero-order valence-electron chi connectivity index (χ0n) is 22.3. The van der Waals surface area contributed by atoms with Crippen molar-refractivity contribution in [3.8, 4) is 28.7 Å². The molecular weight excluding hydrogens is 500 g/mol. The van der Waals surface area contributed by atoms with Crippen LogP contribution in [-0.2, 0) is 16.1 Å². The molecule has 3 heterocycles. The van der Waals surface area contributed by atoms with Crippen molar-refractivity contribution in [1.82, 2.24) is 9.88 Å². The van der Waals surface area contributed by atoms with Gasteiger partial charge in [-0.15, -0.1) is 0 Å². The van der Waals surface area contributed by atoms with Gasteiger partial charge in [0, 0.05) is 24.6 Å². The fraction of sp³-hybridized carbons (Fsp3) is 0.400. The maximum Gasteiger partial charge on any atom is 0.310 e. The number of carbonyl (C=O) groups is 1. The number of rotatable bonds is 8. The highest BCUT2D eigenvalue weighted by Gasteiger charge is 2.52. The zero-order valence-corrected chi connectivity index (χ0v) is 22.3. The molecule has 0 saturated carbocycles. The molecule has 1 N–H and O–H groups in total. The fourth-order valence-corrected chi connectivity index (χ4v) is 6.35. The first-order chi connectivity index (χ1) is 19.0. The number of carbonyl (C=O) groups excluding carboxylic acids is 1. The SMILES string of the molecule is COc1cc([C@@H]2c3cc4c(cc3[C@@H](CCN(C)Cc3ccccn3)[C@H]3COC(=O)[C@H]23)OCO4)cc(OC)c1O. The number of phenolic OH excluding ortho intramolecular Hbond substituents is 1. The van der Waals surface area contributed by atoms with E-state index in [0.717, 1.165) is 41.9 Å². The van der Waals surface area contributed by atoms with Crippen LogP contribution in [0, 0.1) is 11.8 Å². The van der Waals surface area contributed by atoms with E-state index in [4.69, 9.17) is 23.7 Å². The van der Waals surface area contributed by atoms with E-state index in [1.807, 2.05) is 30.5 Å². The van der Waals surface area contributed by atoms with Gasteiger partial charge in [0.1, 0.15) is 0 Å². The summed E-state index contributed by atoms with van der Waals surface area (Å²) in [5, 5.41) is 10.6. The number of phenols is 1. The lowest BCUT2D eigenvalue weighted by Crippen LogP contribution is -2.36. The number of methoxy groups -OCH3 is 2. The Labute approximate surface area is 227 Å². The van der Waals surface area contributed by atoms with Crippen molar-refractivity contribution in [3.05, 3.63) is 71.0 Å². The summed E-state index contributed by atoms with van der Waals surface area (Å²) in [4.78, 5) is 20.0. The second kappa shape index (κ2) is 10.3. The Bertz CT molecular complexity index is 1350. The first-order valence-corrected chi connectivity index (χ1v) is 13.1. The van der Waals surface area contributed by atoms with Gasteiger partial charge in [-0.2, -0.15) is 0 Å². The number of aromatic nitrogens is 1. The van der Waals surface area contributed by atoms with E-state index in [9.17, 15) is 9.90 Å². The summed E-state index contributed by atoms with van der Waals surface area (Å²) in [7, 11) is 5.08. The minimum Gasteiger partial charge on any atom is -0.502 e. The second-order valence-corrected chi connectivity index (χ2v) is 10.4. The van der Waals surface area contributed by atoms with Crippen molar-refractivity contribution in [2.75, 3.05) is 41.2 Å². The molecule has 3 aliphatic rings. The van der Waals surface area contributed by atoms with E-state index in [1.165, 1.54) is 14.2 Å². The van der Waals surface area contributed by atoms with Gasteiger partial charge in [-0.1, -0.05) is 6.07 Å². The highest BCUT2D eigenvalue weighted by molar-refractivity contribution is 5.79. The highest BCUT2D eigenvalue weighted by Crippen LogP contribution is 2.56. The number of hydrogen-bond acceptors (Lipinski definition) is 9. The topological polar surface area (TPSA) is 99.6 Å². The van der Waals surface area contributed by atoms with E-state index >= 15 is 0 Å². The molecule has 4 atom stereocenters. The van der Waals surface area contributed by atoms with Crippen LogP contribution in [0.3, 0.4) is 0 Å². The molecule has 1 fully saturated rings. The van der Waals surface area contributed by atoms with Crippen LogP contribution in [0.15, 0.2) is 48.7 Å². The molecule has 1 aliphatic carbocycles. The minimum atomic E-state index is -0.400. The van der Waals surface area contributed by atoms with Gasteiger partial charge in [-0.25, -0.2) is 0 Å². The van der Waals surface area contributed by atoms with Gasteiger partial charge < -0.3 is 33.7 Å². The molecule has 0 radical (unpaired) electrons. The van der Waals surface area contributed by atoms with Gasteiger partial charge in [0.2, 0.25) is 12.5 Å². The third-order valence-electron chi connectivity index (χ3n) is 8.18. The maximum atomic E-state index is 13.3. The Kier molecular flexibility index (Phi) is 6.68. The summed E-state index contributed by atoms with van der Waals surface area (Å²) in [6.07, 6.45) is 2.64. The van der Waals surface area contributed by atoms with Crippen LogP contribution < -0.4 is 18.9 Å². The third kappa shape index (κ3) is 4.50. The van der Waals surface area contributed by atoms with Crippen LogP contribution in [0.1, 0.15) is 40.6 Å². The lowest BCUT2D eigenvalue weighted by molar-refractivity contribution is -0.141. The van der Waals surface area contributed by atoms with Crippen LogP contribution in [0.2, 0.25) is 0 Å². The van der Waals surface area contributed by atoms with Crippen LogP contribution in [-0.4, -0.2) is 62.2 Å². The van der Waals surface area contributed by atoms with E-state index in [1.54, 1.807) is 12.1 Å². The van der Waals surface area contributed by atoms with Crippen molar-refractivity contribution in [2.45, 2.75) is 24.8 Å². The molecule has 1 saturated heterocycles. The van der Waals surface area contributed by atoms with Gasteiger partial charge >= 0.3 is 5.97 Å². The smallest absolute Gasteiger partial charge is 0.310 e. The van der Waals surface area contributed by atoms with Crippen molar-refractivity contribution in [1.29, 1.82) is 0 Å². The number of esters is 1. The van der Waals surface area contributed by atoms with Crippen LogP contribution in [0.25, 0.3) is 0 Å². The van der Waals surface area contributed by atoms with Gasteiger partial charge in [0.25, 0.3) is 0 Å². The molecule has 1 aromatic heterocycles. The first kappa shape index (κ1) is 25.3. The monoisotopic (exact) mass is 532 g/mol. The van der Waals surface area contributed by atoms with Gasteiger partial charge in [0.15, 0.2) is 23.0 Å². The molecule has 0 spiro atoms. The third-order valence-corrected chi connectivity index (χ3v) is 8.18. The van der Waals surface area contributed by atoms with Crippen LogP contribution >= 0.6 is 0 Å². The second-order valence-electron chi connectivity index (χ2n) is 10.4. The Morgan fingerprint density at radius 3 is 2.41 bits per heavy atom. The summed E-state index contributed by atoms with van der Waals surface area (Å²) in [5.41, 5.74) is 3.94. The predicted octanol–water partition coefficient (Wildman–Crippen LogP) is 4.07. The standard InChI is InChI=1S/C30H32N2O7/c1-32(14-18-6-4-5-8-31-18)9-7-19-20-12-23-24(39-16-38-23)13-21(20)27(28-22(19)15-37-30(28)34)17-10-25(35-2)29(33)26(11-17)36-3/h4-6,8,10-13,19,22,27-28,33H,7,9,14-16H2,1-3H3/t19-,22-,27-,28+/m1/s1. The van der Waals surface area contributed by atoms with Crippen LogP contribution in [0.4, 0.5) is 0 Å². The molecule has 9 nitrogen and oxygen atoms in total. The molecule has 0 unspecified atom stereocenters. The summed E-state index contributed by atoms with van der Waals surface area (Å²) < 4.78 is 28.1. The number of ether oxygens (including phenoxy) is 5. The number of cyclic esters (lactones) is 1. The molecule has 9 heteroatoms. The zero-order chi connectivity index (χ0) is 27.1. The largest absolute Gasteiger partial charge is 0.502 e. The normalized spacial score (nSPS) is 22.8. The van der Waals surface area contributed by atoms with Crippen molar-refractivity contribution >= 4 is 5.97 Å². The molecule has 204 valence electrons. The average Bonchev–Trinajstić information content (AvgIpc) is 3.57. The Morgan fingerprint density at radius 1 is 1.03 bits per heavy atom. The molecular formula is C30H32N2O7. The summed E-state index contributed by atoms with van der Waals surface area (Å²) in [6, 6.07) is 13.6. The number of pyridine rings is 1. The van der Waals surface area contributed by atoms with E-state index in [2.05, 4.69) is 23.0 Å². The quantitative estimate of drug-likeness (QED) is 0.430. The number of hydrogen-bond donors (Lipinski definition) is 1. The number of nitrogens with zero attached hydrogens (tertiary/aromatic N) is 2. The lowest BCUT2D eigenvalue weighted by atomic mass is 9.62. The maximum absolute atomic E-state index is 13.3. The average molecular weight is 533 g/mol. The minimum absolute atomic E-state index is 0.0237. The molecule has 6 rings (SSSR count). The summed E-state index contributed by atoms with van der Waals surface area (Å²) in [6.45, 7) is 2.07. The molecule has 0 bridgehead atoms. The van der Waals surface area contributed by atoms with E-state index in [-0.39, 0.29) is 47.8 Å². The van der Waals surface area contributed by atoms with Gasteiger partial charge in [0.05, 0.1) is 32.4 Å². The summed E-state index contributed by atoms with van der Waals surface area (Å²) >= 11 is 0.